The maximum atomic E-state index is 11.1. The molecule has 0 aliphatic carbocycles. The Kier molecular flexibility index (Phi) is 5.27. The Hall–Kier alpha value is -2.80. The van der Waals surface area contributed by atoms with Gasteiger partial charge < -0.3 is 10.6 Å². The Balaban J connectivity index is 1.80. The van der Waals surface area contributed by atoms with Crippen LogP contribution in [0.25, 0.3) is 10.6 Å². The van der Waals surface area contributed by atoms with Crippen molar-refractivity contribution in [2.75, 3.05) is 10.6 Å². The van der Waals surface area contributed by atoms with E-state index < -0.39 is 0 Å². The molecule has 134 valence electrons. The SMILES string of the molecule is CC(=O)Nc1ccc(Nc2nccc(-c3sc(C(C)C)nc3C)n2)cc1. The van der Waals surface area contributed by atoms with Gasteiger partial charge in [0.2, 0.25) is 11.9 Å². The Morgan fingerprint density at radius 3 is 2.38 bits per heavy atom. The van der Waals surface area contributed by atoms with Crippen LogP contribution in [0.2, 0.25) is 0 Å². The first kappa shape index (κ1) is 18.0. The van der Waals surface area contributed by atoms with Gasteiger partial charge in [0, 0.05) is 30.4 Å². The first-order valence-corrected chi connectivity index (χ1v) is 9.19. The largest absolute Gasteiger partial charge is 0.326 e. The Bertz CT molecular complexity index is 918. The lowest BCUT2D eigenvalue weighted by Crippen LogP contribution is -2.05. The fourth-order valence-corrected chi connectivity index (χ4v) is 3.46. The van der Waals surface area contributed by atoms with Gasteiger partial charge in [0.05, 0.1) is 21.3 Å². The lowest BCUT2D eigenvalue weighted by Gasteiger charge is -2.07. The quantitative estimate of drug-likeness (QED) is 0.681. The fraction of sp³-hybridized carbons (Fsp3) is 0.263. The molecule has 3 aromatic rings. The molecule has 0 aliphatic rings. The zero-order valence-corrected chi connectivity index (χ0v) is 16.0. The van der Waals surface area contributed by atoms with E-state index in [1.54, 1.807) is 17.5 Å². The van der Waals surface area contributed by atoms with Crippen LogP contribution < -0.4 is 10.6 Å². The first-order valence-electron chi connectivity index (χ1n) is 8.38. The Morgan fingerprint density at radius 1 is 1.08 bits per heavy atom. The number of rotatable bonds is 5. The zero-order chi connectivity index (χ0) is 18.7. The second-order valence-electron chi connectivity index (χ2n) is 6.27. The molecule has 7 heteroatoms. The van der Waals surface area contributed by atoms with Crippen molar-refractivity contribution in [3.8, 4) is 10.6 Å². The smallest absolute Gasteiger partial charge is 0.227 e. The minimum atomic E-state index is -0.0950. The molecule has 1 amide bonds. The maximum absolute atomic E-state index is 11.1. The first-order chi connectivity index (χ1) is 12.4. The molecule has 26 heavy (non-hydrogen) atoms. The molecule has 0 saturated carbocycles. The maximum Gasteiger partial charge on any atom is 0.227 e. The molecule has 0 bridgehead atoms. The Morgan fingerprint density at radius 2 is 1.77 bits per heavy atom. The van der Waals surface area contributed by atoms with Crippen molar-refractivity contribution in [3.63, 3.8) is 0 Å². The molecule has 0 spiro atoms. The summed E-state index contributed by atoms with van der Waals surface area (Å²) < 4.78 is 0. The van der Waals surface area contributed by atoms with Gasteiger partial charge in [-0.2, -0.15) is 0 Å². The van der Waals surface area contributed by atoms with Crippen molar-refractivity contribution in [1.29, 1.82) is 0 Å². The van der Waals surface area contributed by atoms with Crippen LogP contribution in [0.1, 0.15) is 37.4 Å². The highest BCUT2D eigenvalue weighted by Gasteiger charge is 2.14. The highest BCUT2D eigenvalue weighted by atomic mass is 32.1. The number of nitrogens with one attached hydrogen (secondary N) is 2. The number of anilines is 3. The van der Waals surface area contributed by atoms with Crippen molar-refractivity contribution in [1.82, 2.24) is 15.0 Å². The average Bonchev–Trinajstić information content (AvgIpc) is 2.99. The molecule has 2 heterocycles. The van der Waals surface area contributed by atoms with E-state index in [9.17, 15) is 4.79 Å². The summed E-state index contributed by atoms with van der Waals surface area (Å²) in [5.74, 6) is 0.824. The number of hydrogen-bond donors (Lipinski definition) is 2. The van der Waals surface area contributed by atoms with Gasteiger partial charge in [0.25, 0.3) is 0 Å². The van der Waals surface area contributed by atoms with E-state index in [1.807, 2.05) is 37.3 Å². The second-order valence-corrected chi connectivity index (χ2v) is 7.30. The predicted molar refractivity (Wildman–Crippen MR) is 106 cm³/mol. The summed E-state index contributed by atoms with van der Waals surface area (Å²) in [7, 11) is 0. The van der Waals surface area contributed by atoms with Crippen LogP contribution in [0, 0.1) is 6.92 Å². The van der Waals surface area contributed by atoms with Crippen LogP contribution in [-0.4, -0.2) is 20.9 Å². The number of nitrogens with zero attached hydrogens (tertiary/aromatic N) is 3. The van der Waals surface area contributed by atoms with E-state index in [1.165, 1.54) is 6.92 Å². The second kappa shape index (κ2) is 7.61. The molecule has 0 radical (unpaired) electrons. The summed E-state index contributed by atoms with van der Waals surface area (Å²) >= 11 is 1.67. The molecule has 0 saturated heterocycles. The van der Waals surface area contributed by atoms with E-state index in [2.05, 4.69) is 39.4 Å². The molecule has 6 nitrogen and oxygen atoms in total. The number of carbonyl (C=O) groups excluding carboxylic acids is 1. The van der Waals surface area contributed by atoms with E-state index in [4.69, 9.17) is 0 Å². The summed E-state index contributed by atoms with van der Waals surface area (Å²) in [6.07, 6.45) is 1.74. The van der Waals surface area contributed by atoms with Gasteiger partial charge >= 0.3 is 0 Å². The van der Waals surface area contributed by atoms with Gasteiger partial charge in [-0.1, -0.05) is 13.8 Å². The number of aromatic nitrogens is 3. The number of aryl methyl sites for hydroxylation is 1. The normalized spacial score (nSPS) is 10.8. The molecule has 0 atom stereocenters. The van der Waals surface area contributed by atoms with Crippen LogP contribution >= 0.6 is 11.3 Å². The van der Waals surface area contributed by atoms with Crippen molar-refractivity contribution in [2.45, 2.75) is 33.6 Å². The van der Waals surface area contributed by atoms with Crippen molar-refractivity contribution < 1.29 is 4.79 Å². The van der Waals surface area contributed by atoms with Gasteiger partial charge in [-0.15, -0.1) is 11.3 Å². The molecule has 1 aromatic carbocycles. The third kappa shape index (κ3) is 4.23. The lowest BCUT2D eigenvalue weighted by atomic mass is 10.2. The molecule has 0 fully saturated rings. The van der Waals surface area contributed by atoms with Gasteiger partial charge in [0.15, 0.2) is 0 Å². The molecular weight excluding hydrogens is 346 g/mol. The monoisotopic (exact) mass is 367 g/mol. The van der Waals surface area contributed by atoms with Crippen LogP contribution in [0.5, 0.6) is 0 Å². The van der Waals surface area contributed by atoms with Crippen molar-refractivity contribution in [2.24, 2.45) is 0 Å². The van der Waals surface area contributed by atoms with Crippen LogP contribution in [0.15, 0.2) is 36.5 Å². The summed E-state index contributed by atoms with van der Waals surface area (Å²) in [6, 6.07) is 9.30. The summed E-state index contributed by atoms with van der Waals surface area (Å²) in [6.45, 7) is 7.77. The molecule has 2 aromatic heterocycles. The van der Waals surface area contributed by atoms with E-state index in [0.717, 1.165) is 32.6 Å². The molecule has 3 rings (SSSR count). The summed E-state index contributed by atoms with van der Waals surface area (Å²) in [5.41, 5.74) is 3.45. The number of carbonyl (C=O) groups is 1. The number of amides is 1. The van der Waals surface area contributed by atoms with Gasteiger partial charge in [-0.25, -0.2) is 15.0 Å². The highest BCUT2D eigenvalue weighted by Crippen LogP contribution is 2.32. The number of benzene rings is 1. The standard InChI is InChI=1S/C19H21N5OS/c1-11(2)18-21-12(3)17(26-18)16-9-10-20-19(24-16)23-15-7-5-14(6-8-15)22-13(4)25/h5-11H,1-4H3,(H,22,25)(H,20,23,24). The van der Waals surface area contributed by atoms with E-state index >= 15 is 0 Å². The molecule has 0 aliphatic heterocycles. The lowest BCUT2D eigenvalue weighted by molar-refractivity contribution is -0.114. The zero-order valence-electron chi connectivity index (χ0n) is 15.2. The number of thiazole rings is 1. The Labute approximate surface area is 156 Å². The third-order valence-corrected chi connectivity index (χ3v) is 5.14. The topological polar surface area (TPSA) is 79.8 Å². The minimum absolute atomic E-state index is 0.0950. The van der Waals surface area contributed by atoms with E-state index in [-0.39, 0.29) is 5.91 Å². The fourth-order valence-electron chi connectivity index (χ4n) is 2.42. The number of hydrogen-bond acceptors (Lipinski definition) is 6. The minimum Gasteiger partial charge on any atom is -0.326 e. The average molecular weight is 367 g/mol. The van der Waals surface area contributed by atoms with Gasteiger partial charge in [0.1, 0.15) is 0 Å². The van der Waals surface area contributed by atoms with Gasteiger partial charge in [-0.05, 0) is 37.3 Å². The summed E-state index contributed by atoms with van der Waals surface area (Å²) in [5, 5.41) is 7.04. The van der Waals surface area contributed by atoms with Crippen LogP contribution in [0.4, 0.5) is 17.3 Å². The summed E-state index contributed by atoms with van der Waals surface area (Å²) in [4.78, 5) is 25.7. The predicted octanol–water partition coefficient (Wildman–Crippen LogP) is 4.73. The van der Waals surface area contributed by atoms with Crippen molar-refractivity contribution >= 4 is 34.6 Å². The van der Waals surface area contributed by atoms with E-state index in [0.29, 0.717) is 11.9 Å². The highest BCUT2D eigenvalue weighted by molar-refractivity contribution is 7.15. The molecule has 0 unspecified atom stereocenters. The van der Waals surface area contributed by atoms with Crippen LogP contribution in [-0.2, 0) is 4.79 Å². The van der Waals surface area contributed by atoms with Crippen LogP contribution in [0.3, 0.4) is 0 Å². The van der Waals surface area contributed by atoms with Gasteiger partial charge in [-0.3, -0.25) is 4.79 Å². The molecule has 2 N–H and O–H groups in total. The van der Waals surface area contributed by atoms with Crippen molar-refractivity contribution in [3.05, 3.63) is 47.2 Å². The third-order valence-electron chi connectivity index (χ3n) is 3.66. The molecular formula is C19H21N5OS.